The van der Waals surface area contributed by atoms with E-state index < -0.39 is 17.3 Å². The summed E-state index contributed by atoms with van der Waals surface area (Å²) in [5.41, 5.74) is 1.97. The largest absolute Gasteiger partial charge is 0.493 e. The van der Waals surface area contributed by atoms with Crippen LogP contribution in [0.1, 0.15) is 30.5 Å². The number of fused-ring (bicyclic) bond motifs is 3. The molecule has 0 aromatic heterocycles. The van der Waals surface area contributed by atoms with E-state index in [1.807, 2.05) is 6.07 Å². The molecule has 0 aliphatic heterocycles. The zero-order chi connectivity index (χ0) is 20.4. The molecule has 1 aliphatic rings. The lowest BCUT2D eigenvalue weighted by Crippen LogP contribution is -2.26. The minimum Gasteiger partial charge on any atom is -0.493 e. The van der Waals surface area contributed by atoms with Crippen LogP contribution in [0, 0.1) is 5.82 Å². The highest BCUT2D eigenvalue weighted by Gasteiger charge is 2.29. The van der Waals surface area contributed by atoms with E-state index in [2.05, 4.69) is 5.32 Å². The Morgan fingerprint density at radius 3 is 2.43 bits per heavy atom. The van der Waals surface area contributed by atoms with E-state index in [-0.39, 0.29) is 5.91 Å². The molecular formula is C21H22FNO5. The number of methoxy groups -OCH3 is 3. The number of halogens is 1. The van der Waals surface area contributed by atoms with Gasteiger partial charge in [0.25, 0.3) is 0 Å². The summed E-state index contributed by atoms with van der Waals surface area (Å²) in [6, 6.07) is 5.34. The number of ether oxygens (including phenoxy) is 3. The molecule has 0 saturated carbocycles. The first-order chi connectivity index (χ1) is 13.4. The van der Waals surface area contributed by atoms with Crippen molar-refractivity contribution in [1.82, 2.24) is 5.32 Å². The quantitative estimate of drug-likeness (QED) is 0.873. The van der Waals surface area contributed by atoms with Crippen LogP contribution in [-0.4, -0.2) is 27.2 Å². The van der Waals surface area contributed by atoms with Gasteiger partial charge < -0.3 is 19.5 Å². The predicted octanol–water partition coefficient (Wildman–Crippen LogP) is 3.00. The monoisotopic (exact) mass is 387 g/mol. The summed E-state index contributed by atoms with van der Waals surface area (Å²) >= 11 is 0. The maximum atomic E-state index is 14.3. The van der Waals surface area contributed by atoms with Crippen LogP contribution in [0.3, 0.4) is 0 Å². The Kier molecular flexibility index (Phi) is 5.53. The summed E-state index contributed by atoms with van der Waals surface area (Å²) in [6.45, 7) is 1.41. The summed E-state index contributed by atoms with van der Waals surface area (Å²) in [5, 5.41) is 2.86. The predicted molar refractivity (Wildman–Crippen MR) is 103 cm³/mol. The molecule has 1 N–H and O–H groups in total. The van der Waals surface area contributed by atoms with Gasteiger partial charge in [-0.2, -0.15) is 0 Å². The van der Waals surface area contributed by atoms with Gasteiger partial charge in [0.1, 0.15) is 0 Å². The standard InChI is InChI=1S/C21H22FNO5/c1-11(24)23-16-7-5-12-9-18(26-2)20(27-3)21(28-4)19(12)13-6-8-17(25)15(22)10-14(13)16/h6,8-10,16H,5,7H2,1-4H3,(H,23,24)/t16-/m0/s1. The number of nitrogens with one attached hydrogen (secondary N) is 1. The number of amides is 1. The fourth-order valence-electron chi connectivity index (χ4n) is 3.69. The van der Waals surface area contributed by atoms with Gasteiger partial charge in [0, 0.05) is 12.5 Å². The molecule has 0 radical (unpaired) electrons. The smallest absolute Gasteiger partial charge is 0.217 e. The van der Waals surface area contributed by atoms with E-state index in [1.54, 1.807) is 6.07 Å². The molecule has 7 heteroatoms. The third kappa shape index (κ3) is 3.40. The summed E-state index contributed by atoms with van der Waals surface area (Å²) < 4.78 is 30.9. The Labute approximate surface area is 162 Å². The van der Waals surface area contributed by atoms with Crippen molar-refractivity contribution in [3.05, 3.63) is 51.4 Å². The van der Waals surface area contributed by atoms with E-state index >= 15 is 0 Å². The van der Waals surface area contributed by atoms with Crippen molar-refractivity contribution in [2.45, 2.75) is 25.8 Å². The lowest BCUT2D eigenvalue weighted by atomic mass is 9.95. The van der Waals surface area contributed by atoms with Crippen molar-refractivity contribution < 1.29 is 23.4 Å². The molecular weight excluding hydrogens is 365 g/mol. The average Bonchev–Trinajstić information content (AvgIpc) is 2.90. The van der Waals surface area contributed by atoms with Crippen LogP contribution in [0.15, 0.2) is 29.1 Å². The summed E-state index contributed by atoms with van der Waals surface area (Å²) in [6.07, 6.45) is 1.11. The molecule has 148 valence electrons. The van der Waals surface area contributed by atoms with Crippen molar-refractivity contribution in [3.8, 4) is 28.4 Å². The lowest BCUT2D eigenvalue weighted by molar-refractivity contribution is -0.119. The van der Waals surface area contributed by atoms with Crippen LogP contribution in [0.4, 0.5) is 4.39 Å². The molecule has 0 fully saturated rings. The molecule has 1 atom stereocenters. The molecule has 0 heterocycles. The summed E-state index contributed by atoms with van der Waals surface area (Å²) in [4.78, 5) is 23.7. The van der Waals surface area contributed by atoms with Gasteiger partial charge in [-0.3, -0.25) is 9.59 Å². The molecule has 0 bridgehead atoms. The fraction of sp³-hybridized carbons (Fsp3) is 0.333. The van der Waals surface area contributed by atoms with Crippen molar-refractivity contribution in [2.24, 2.45) is 0 Å². The van der Waals surface area contributed by atoms with Crippen LogP contribution in [0.2, 0.25) is 0 Å². The van der Waals surface area contributed by atoms with Crippen molar-refractivity contribution in [3.63, 3.8) is 0 Å². The Morgan fingerprint density at radius 2 is 1.82 bits per heavy atom. The van der Waals surface area contributed by atoms with Crippen LogP contribution in [0.5, 0.6) is 17.2 Å². The maximum Gasteiger partial charge on any atom is 0.217 e. The molecule has 0 unspecified atom stereocenters. The molecule has 1 aliphatic carbocycles. The van der Waals surface area contributed by atoms with E-state index in [9.17, 15) is 14.0 Å². The van der Waals surface area contributed by atoms with Crippen molar-refractivity contribution in [1.29, 1.82) is 0 Å². The second-order valence-corrected chi connectivity index (χ2v) is 6.53. The Bertz CT molecular complexity index is 989. The number of rotatable bonds is 4. The average molecular weight is 387 g/mol. The number of carbonyl (C=O) groups is 1. The van der Waals surface area contributed by atoms with Gasteiger partial charge in [0.15, 0.2) is 17.3 Å². The maximum absolute atomic E-state index is 14.3. The molecule has 6 nitrogen and oxygen atoms in total. The second kappa shape index (κ2) is 7.88. The van der Waals surface area contributed by atoms with Crippen molar-refractivity contribution in [2.75, 3.05) is 21.3 Å². The first kappa shape index (κ1) is 19.7. The van der Waals surface area contributed by atoms with E-state index in [0.29, 0.717) is 46.8 Å². The van der Waals surface area contributed by atoms with Gasteiger partial charge >= 0.3 is 0 Å². The van der Waals surface area contributed by atoms with Gasteiger partial charge in [-0.1, -0.05) is 0 Å². The molecule has 2 aromatic carbocycles. The molecule has 28 heavy (non-hydrogen) atoms. The Balaban J connectivity index is 2.41. The summed E-state index contributed by atoms with van der Waals surface area (Å²) in [7, 11) is 4.55. The highest BCUT2D eigenvalue weighted by Crippen LogP contribution is 2.50. The molecule has 3 rings (SSSR count). The third-order valence-electron chi connectivity index (χ3n) is 4.87. The van der Waals surface area contributed by atoms with Gasteiger partial charge in [-0.25, -0.2) is 4.39 Å². The molecule has 0 spiro atoms. The SMILES string of the molecule is COc1cc2c(c(OC)c1OC)-c1ccc(=O)c(F)cc1[C@@H](NC(C)=O)CC2. The summed E-state index contributed by atoms with van der Waals surface area (Å²) in [5.74, 6) is 0.231. The number of carbonyl (C=O) groups excluding carboxylic acids is 1. The fourth-order valence-corrected chi connectivity index (χ4v) is 3.69. The zero-order valence-corrected chi connectivity index (χ0v) is 16.2. The zero-order valence-electron chi connectivity index (χ0n) is 16.2. The van der Waals surface area contributed by atoms with Gasteiger partial charge in [-0.05, 0) is 53.8 Å². The first-order valence-electron chi connectivity index (χ1n) is 8.84. The minimum absolute atomic E-state index is 0.238. The van der Waals surface area contributed by atoms with Gasteiger partial charge in [-0.15, -0.1) is 0 Å². The second-order valence-electron chi connectivity index (χ2n) is 6.53. The Morgan fingerprint density at radius 1 is 1.11 bits per heavy atom. The van der Waals surface area contributed by atoms with E-state index in [1.165, 1.54) is 40.4 Å². The van der Waals surface area contributed by atoms with Crippen molar-refractivity contribution >= 4 is 5.91 Å². The number of aryl methyl sites for hydroxylation is 1. The van der Waals surface area contributed by atoms with Crippen LogP contribution < -0.4 is 25.0 Å². The molecule has 1 amide bonds. The normalized spacial score (nSPS) is 15.0. The van der Waals surface area contributed by atoms with Crippen LogP contribution >= 0.6 is 0 Å². The van der Waals surface area contributed by atoms with Gasteiger partial charge in [0.05, 0.1) is 27.4 Å². The number of hydrogen-bond acceptors (Lipinski definition) is 5. The minimum atomic E-state index is -0.875. The molecule has 0 saturated heterocycles. The van der Waals surface area contributed by atoms with E-state index in [0.717, 1.165) is 5.56 Å². The first-order valence-corrected chi connectivity index (χ1v) is 8.84. The lowest BCUT2D eigenvalue weighted by Gasteiger charge is -2.19. The number of benzene rings is 1. The third-order valence-corrected chi connectivity index (χ3v) is 4.87. The highest BCUT2D eigenvalue weighted by molar-refractivity contribution is 5.83. The topological polar surface area (TPSA) is 73.9 Å². The number of hydrogen-bond donors (Lipinski definition) is 1. The van der Waals surface area contributed by atoms with Crippen LogP contribution in [0.25, 0.3) is 11.1 Å². The molecule has 2 aromatic rings. The van der Waals surface area contributed by atoms with Crippen LogP contribution in [-0.2, 0) is 11.2 Å². The Hall–Kier alpha value is -3.09. The highest BCUT2D eigenvalue weighted by atomic mass is 19.1. The van der Waals surface area contributed by atoms with E-state index in [4.69, 9.17) is 14.2 Å². The van der Waals surface area contributed by atoms with Gasteiger partial charge in [0.2, 0.25) is 17.1 Å².